The fourth-order valence-corrected chi connectivity index (χ4v) is 4.54. The van der Waals surface area contributed by atoms with Crippen LogP contribution in [0.2, 0.25) is 0 Å². The molecule has 0 atom stereocenters. The number of fused-ring (bicyclic) bond motifs is 2. The number of rotatable bonds is 6. The molecule has 1 aliphatic heterocycles. The SMILES string of the molecule is O=C(c1cc(N=C=S)cc2ccccc12)c1cn(CCN2CCOCC2)c2ccccc12. The molecular formula is C26H23N3O2S. The van der Waals surface area contributed by atoms with Crippen LogP contribution in [0, 0.1) is 0 Å². The Morgan fingerprint density at radius 2 is 1.72 bits per heavy atom. The van der Waals surface area contributed by atoms with Crippen LogP contribution in [-0.2, 0) is 11.3 Å². The van der Waals surface area contributed by atoms with E-state index < -0.39 is 0 Å². The van der Waals surface area contributed by atoms with Gasteiger partial charge in [0.15, 0.2) is 5.78 Å². The molecule has 0 radical (unpaired) electrons. The average molecular weight is 442 g/mol. The number of isothiocyanates is 1. The van der Waals surface area contributed by atoms with Gasteiger partial charge in [-0.05, 0) is 41.2 Å². The van der Waals surface area contributed by atoms with Crippen LogP contribution >= 0.6 is 12.2 Å². The second kappa shape index (κ2) is 9.15. The number of ketones is 1. The lowest BCUT2D eigenvalue weighted by atomic mass is 9.96. The van der Waals surface area contributed by atoms with E-state index >= 15 is 0 Å². The normalized spacial score (nSPS) is 14.5. The minimum atomic E-state index is -0.0102. The quantitative estimate of drug-likeness (QED) is 0.238. The third-order valence-electron chi connectivity index (χ3n) is 6.06. The van der Waals surface area contributed by atoms with Crippen LogP contribution in [0.5, 0.6) is 0 Å². The predicted octanol–water partition coefficient (Wildman–Crippen LogP) is 5.09. The third kappa shape index (κ3) is 4.01. The van der Waals surface area contributed by atoms with E-state index in [-0.39, 0.29) is 5.78 Å². The van der Waals surface area contributed by atoms with Gasteiger partial charge in [-0.1, -0.05) is 42.5 Å². The van der Waals surface area contributed by atoms with Crippen LogP contribution in [0.1, 0.15) is 15.9 Å². The Kier molecular flexibility index (Phi) is 5.93. The number of hydrogen-bond donors (Lipinski definition) is 0. The van der Waals surface area contributed by atoms with E-state index in [2.05, 4.69) is 25.7 Å². The van der Waals surface area contributed by atoms with Gasteiger partial charge in [0.2, 0.25) is 0 Å². The lowest BCUT2D eigenvalue weighted by Gasteiger charge is -2.26. The average Bonchev–Trinajstić information content (AvgIpc) is 3.21. The highest BCUT2D eigenvalue weighted by molar-refractivity contribution is 7.78. The topological polar surface area (TPSA) is 46.8 Å². The van der Waals surface area contributed by atoms with E-state index in [1.54, 1.807) is 0 Å². The Morgan fingerprint density at radius 1 is 0.969 bits per heavy atom. The van der Waals surface area contributed by atoms with Crippen molar-refractivity contribution in [1.29, 1.82) is 0 Å². The predicted molar refractivity (Wildman–Crippen MR) is 131 cm³/mol. The number of aliphatic imine (C=N–C) groups is 1. The molecule has 1 aliphatic rings. The van der Waals surface area contributed by atoms with Crippen LogP contribution in [0.25, 0.3) is 21.7 Å². The zero-order valence-corrected chi connectivity index (χ0v) is 18.5. The van der Waals surface area contributed by atoms with Crippen molar-refractivity contribution in [2.24, 2.45) is 4.99 Å². The molecule has 2 heterocycles. The summed E-state index contributed by atoms with van der Waals surface area (Å²) in [6.07, 6.45) is 2.00. The number of carbonyl (C=O) groups is 1. The Bertz CT molecular complexity index is 1350. The molecule has 0 N–H and O–H groups in total. The van der Waals surface area contributed by atoms with E-state index in [1.807, 2.05) is 60.8 Å². The fourth-order valence-electron chi connectivity index (χ4n) is 4.43. The lowest BCUT2D eigenvalue weighted by molar-refractivity contribution is 0.0365. The minimum Gasteiger partial charge on any atom is -0.379 e. The van der Waals surface area contributed by atoms with E-state index in [0.717, 1.165) is 61.1 Å². The summed E-state index contributed by atoms with van der Waals surface area (Å²) < 4.78 is 7.65. The zero-order chi connectivity index (χ0) is 21.9. The summed E-state index contributed by atoms with van der Waals surface area (Å²) >= 11 is 4.79. The highest BCUT2D eigenvalue weighted by Gasteiger charge is 2.20. The number of benzene rings is 3. The van der Waals surface area contributed by atoms with Crippen molar-refractivity contribution < 1.29 is 9.53 Å². The number of hydrogen-bond acceptors (Lipinski definition) is 5. The number of nitrogens with zero attached hydrogens (tertiary/aromatic N) is 3. The van der Waals surface area contributed by atoms with Crippen molar-refractivity contribution >= 4 is 50.5 Å². The van der Waals surface area contributed by atoms with Crippen molar-refractivity contribution in [1.82, 2.24) is 9.47 Å². The maximum Gasteiger partial charge on any atom is 0.195 e. The van der Waals surface area contributed by atoms with Crippen LogP contribution < -0.4 is 0 Å². The van der Waals surface area contributed by atoms with E-state index in [1.165, 1.54) is 0 Å². The fraction of sp³-hybridized carbons (Fsp3) is 0.231. The largest absolute Gasteiger partial charge is 0.379 e. The Balaban J connectivity index is 1.56. The number of carbonyl (C=O) groups excluding carboxylic acids is 1. The molecule has 0 spiro atoms. The first-order chi connectivity index (χ1) is 15.7. The van der Waals surface area contributed by atoms with Gasteiger partial charge < -0.3 is 9.30 Å². The second-order valence-corrected chi connectivity index (χ2v) is 8.14. The molecule has 6 heteroatoms. The number of para-hydroxylation sites is 1. The molecule has 0 aliphatic carbocycles. The molecule has 32 heavy (non-hydrogen) atoms. The summed E-state index contributed by atoms with van der Waals surface area (Å²) in [7, 11) is 0. The van der Waals surface area contributed by atoms with Gasteiger partial charge in [0.1, 0.15) is 0 Å². The van der Waals surface area contributed by atoms with Crippen LogP contribution in [0.15, 0.2) is 71.9 Å². The van der Waals surface area contributed by atoms with Gasteiger partial charge in [-0.2, -0.15) is 4.99 Å². The minimum absolute atomic E-state index is 0.0102. The molecule has 5 rings (SSSR count). The molecule has 0 amide bonds. The number of thiocarbonyl (C=S) groups is 1. The standard InChI is InChI=1S/C26H23N3O2S/c30-26(23-16-20(27-18-32)15-19-5-1-2-6-21(19)23)24-17-29(25-8-4-3-7-22(24)25)10-9-28-11-13-31-14-12-28/h1-8,15-17H,9-14H2. The van der Waals surface area contributed by atoms with Crippen LogP contribution in [0.4, 0.5) is 5.69 Å². The summed E-state index contributed by atoms with van der Waals surface area (Å²) in [4.78, 5) is 20.4. The monoisotopic (exact) mass is 441 g/mol. The first-order valence-corrected chi connectivity index (χ1v) is 11.2. The first kappa shape index (κ1) is 20.7. The van der Waals surface area contributed by atoms with Gasteiger partial charge in [-0.15, -0.1) is 0 Å². The second-order valence-electron chi connectivity index (χ2n) is 7.95. The molecular weight excluding hydrogens is 418 g/mol. The maximum atomic E-state index is 13.8. The highest BCUT2D eigenvalue weighted by Crippen LogP contribution is 2.30. The molecule has 160 valence electrons. The van der Waals surface area contributed by atoms with Crippen molar-refractivity contribution in [2.75, 3.05) is 32.8 Å². The first-order valence-electron chi connectivity index (χ1n) is 10.8. The maximum absolute atomic E-state index is 13.8. The molecule has 1 fully saturated rings. The number of aromatic nitrogens is 1. The van der Waals surface area contributed by atoms with Gasteiger partial charge in [-0.3, -0.25) is 9.69 Å². The highest BCUT2D eigenvalue weighted by atomic mass is 32.1. The van der Waals surface area contributed by atoms with Gasteiger partial charge in [-0.25, -0.2) is 0 Å². The Labute approximate surface area is 191 Å². The molecule has 1 aromatic heterocycles. The molecule has 0 saturated carbocycles. The van der Waals surface area contributed by atoms with E-state index in [0.29, 0.717) is 16.8 Å². The van der Waals surface area contributed by atoms with Crippen molar-refractivity contribution in [3.05, 3.63) is 78.0 Å². The smallest absolute Gasteiger partial charge is 0.195 e. The zero-order valence-electron chi connectivity index (χ0n) is 17.7. The number of morpholine rings is 1. The van der Waals surface area contributed by atoms with Crippen LogP contribution in [-0.4, -0.2) is 53.3 Å². The molecule has 0 bridgehead atoms. The molecule has 5 nitrogen and oxygen atoms in total. The van der Waals surface area contributed by atoms with Crippen molar-refractivity contribution in [2.45, 2.75) is 6.54 Å². The van der Waals surface area contributed by atoms with Gasteiger partial charge >= 0.3 is 0 Å². The molecule has 1 saturated heterocycles. The molecule has 0 unspecified atom stereocenters. The van der Waals surface area contributed by atoms with Crippen molar-refractivity contribution in [3.8, 4) is 0 Å². The lowest BCUT2D eigenvalue weighted by Crippen LogP contribution is -2.38. The number of ether oxygens (including phenoxy) is 1. The van der Waals surface area contributed by atoms with Gasteiger partial charge in [0.25, 0.3) is 0 Å². The summed E-state index contributed by atoms with van der Waals surface area (Å²) in [6.45, 7) is 5.21. The third-order valence-corrected chi connectivity index (χ3v) is 6.15. The van der Waals surface area contributed by atoms with Crippen LogP contribution in [0.3, 0.4) is 0 Å². The summed E-state index contributed by atoms with van der Waals surface area (Å²) in [6, 6.07) is 19.7. The summed E-state index contributed by atoms with van der Waals surface area (Å²) in [5.41, 5.74) is 3.04. The van der Waals surface area contributed by atoms with Gasteiger partial charge in [0.05, 0.1) is 24.1 Å². The van der Waals surface area contributed by atoms with E-state index in [9.17, 15) is 4.79 Å². The summed E-state index contributed by atoms with van der Waals surface area (Å²) in [5, 5.41) is 5.25. The summed E-state index contributed by atoms with van der Waals surface area (Å²) in [5.74, 6) is -0.0102. The Hall–Kier alpha value is -3.15. The van der Waals surface area contributed by atoms with Crippen molar-refractivity contribution in [3.63, 3.8) is 0 Å². The van der Waals surface area contributed by atoms with E-state index in [4.69, 9.17) is 17.0 Å². The molecule has 3 aromatic carbocycles. The molecule has 4 aromatic rings. The van der Waals surface area contributed by atoms with Gasteiger partial charge in [0, 0.05) is 54.4 Å². The Morgan fingerprint density at radius 3 is 2.53 bits per heavy atom.